The average molecular weight is 405 g/mol. The van der Waals surface area contributed by atoms with E-state index in [1.165, 1.54) is 29.2 Å². The fourth-order valence-electron chi connectivity index (χ4n) is 2.66. The lowest BCUT2D eigenvalue weighted by atomic mass is 10.2. The van der Waals surface area contributed by atoms with Crippen molar-refractivity contribution in [3.8, 4) is 11.5 Å². The summed E-state index contributed by atoms with van der Waals surface area (Å²) in [6, 6.07) is 7.40. The molecule has 0 saturated carbocycles. The summed E-state index contributed by atoms with van der Waals surface area (Å²) in [5, 5.41) is 3.18. The highest BCUT2D eigenvalue weighted by Crippen LogP contribution is 2.36. The van der Waals surface area contributed by atoms with E-state index in [1.807, 2.05) is 31.2 Å². The van der Waals surface area contributed by atoms with E-state index in [9.17, 15) is 13.2 Å². The lowest BCUT2D eigenvalue weighted by molar-refractivity contribution is -0.140. The Balaban J connectivity index is 1.85. The van der Waals surface area contributed by atoms with Crippen LogP contribution >= 0.6 is 11.6 Å². The molecule has 1 aromatic carbocycles. The number of fused-ring (bicyclic) bond motifs is 1. The quantitative estimate of drug-likeness (QED) is 0.525. The Morgan fingerprint density at radius 1 is 1.07 bits per heavy atom. The summed E-state index contributed by atoms with van der Waals surface area (Å²) in [4.78, 5) is 15.7. The van der Waals surface area contributed by atoms with Crippen molar-refractivity contribution in [2.75, 3.05) is 5.32 Å². The van der Waals surface area contributed by atoms with E-state index in [4.69, 9.17) is 11.6 Å². The van der Waals surface area contributed by atoms with Gasteiger partial charge in [0.1, 0.15) is 10.7 Å². The molecule has 0 aliphatic heterocycles. The zero-order chi connectivity index (χ0) is 19.9. The molecule has 1 N–H and O–H groups in total. The van der Waals surface area contributed by atoms with Gasteiger partial charge in [-0.25, -0.2) is 15.0 Å². The van der Waals surface area contributed by atoms with Gasteiger partial charge in [-0.15, -0.1) is 0 Å². The third kappa shape index (κ3) is 3.36. The first-order chi connectivity index (χ1) is 13.3. The topological polar surface area (TPSA) is 68.0 Å². The smallest absolute Gasteiger partial charge is 0.339 e. The summed E-state index contributed by atoms with van der Waals surface area (Å²) in [6.45, 7) is 1.94. The predicted molar refractivity (Wildman–Crippen MR) is 98.5 cm³/mol. The van der Waals surface area contributed by atoms with Gasteiger partial charge in [0, 0.05) is 18.1 Å². The molecule has 4 rings (SSSR count). The second kappa shape index (κ2) is 6.75. The van der Waals surface area contributed by atoms with Gasteiger partial charge in [-0.1, -0.05) is 29.3 Å². The maximum absolute atomic E-state index is 13.5. The molecular weight excluding hydrogens is 393 g/mol. The number of aromatic nitrogens is 5. The molecule has 0 aliphatic rings. The molecule has 10 heteroatoms. The molecule has 0 amide bonds. The minimum absolute atomic E-state index is 0.0384. The van der Waals surface area contributed by atoms with Gasteiger partial charge in [0.15, 0.2) is 23.0 Å². The van der Waals surface area contributed by atoms with Crippen LogP contribution in [0.1, 0.15) is 11.3 Å². The molecule has 0 unspecified atom stereocenters. The van der Waals surface area contributed by atoms with Gasteiger partial charge in [0.25, 0.3) is 0 Å². The molecule has 0 atom stereocenters. The summed E-state index contributed by atoms with van der Waals surface area (Å²) in [6.07, 6.45) is 0.536. The maximum Gasteiger partial charge on any atom is 0.435 e. The fourth-order valence-corrected chi connectivity index (χ4v) is 2.80. The van der Waals surface area contributed by atoms with Crippen LogP contribution in [-0.4, -0.2) is 24.3 Å². The third-order valence-corrected chi connectivity index (χ3v) is 4.25. The molecule has 142 valence electrons. The van der Waals surface area contributed by atoms with Gasteiger partial charge < -0.3 is 5.32 Å². The zero-order valence-electron chi connectivity index (χ0n) is 14.4. The Morgan fingerprint density at radius 2 is 1.82 bits per heavy atom. The van der Waals surface area contributed by atoms with E-state index < -0.39 is 11.9 Å². The van der Waals surface area contributed by atoms with Crippen molar-refractivity contribution in [1.29, 1.82) is 0 Å². The van der Waals surface area contributed by atoms with E-state index in [-0.39, 0.29) is 28.0 Å². The highest BCUT2D eigenvalue weighted by molar-refractivity contribution is 6.32. The third-order valence-electron chi connectivity index (χ3n) is 3.97. The van der Waals surface area contributed by atoms with Crippen molar-refractivity contribution in [2.24, 2.45) is 0 Å². The van der Waals surface area contributed by atoms with Crippen molar-refractivity contribution in [3.05, 3.63) is 65.3 Å². The SMILES string of the molecule is Cc1ccc(Nc2nc(-c3c(C(F)(F)F)nc4cnccn34)ncc2Cl)cc1. The van der Waals surface area contributed by atoms with Gasteiger partial charge in [0.2, 0.25) is 0 Å². The summed E-state index contributed by atoms with van der Waals surface area (Å²) >= 11 is 6.14. The van der Waals surface area contributed by atoms with Gasteiger partial charge in [-0.2, -0.15) is 13.2 Å². The minimum Gasteiger partial charge on any atom is -0.339 e. The molecule has 4 aromatic rings. The molecule has 0 radical (unpaired) electrons. The summed E-state index contributed by atoms with van der Waals surface area (Å²) in [7, 11) is 0. The van der Waals surface area contributed by atoms with E-state index in [2.05, 4.69) is 25.3 Å². The molecular formula is C18H12ClF3N6. The molecule has 28 heavy (non-hydrogen) atoms. The first-order valence-electron chi connectivity index (χ1n) is 8.09. The largest absolute Gasteiger partial charge is 0.435 e. The fraction of sp³-hybridized carbons (Fsp3) is 0.111. The number of hydrogen-bond donors (Lipinski definition) is 1. The predicted octanol–water partition coefficient (Wildman–Crippen LogP) is 4.91. The first kappa shape index (κ1) is 18.2. The average Bonchev–Trinajstić information content (AvgIpc) is 3.05. The van der Waals surface area contributed by atoms with Gasteiger partial charge >= 0.3 is 6.18 Å². The molecule has 0 saturated heterocycles. The Hall–Kier alpha value is -3.20. The van der Waals surface area contributed by atoms with Crippen LogP contribution in [0.5, 0.6) is 0 Å². The normalized spacial score (nSPS) is 11.8. The molecule has 0 spiro atoms. The number of aryl methyl sites for hydroxylation is 1. The molecule has 6 nitrogen and oxygen atoms in total. The van der Waals surface area contributed by atoms with Crippen LogP contribution in [0.4, 0.5) is 24.7 Å². The van der Waals surface area contributed by atoms with E-state index in [0.717, 1.165) is 5.56 Å². The summed E-state index contributed by atoms with van der Waals surface area (Å²) < 4.78 is 41.9. The molecule has 0 fully saturated rings. The number of imidazole rings is 1. The van der Waals surface area contributed by atoms with Crippen LogP contribution in [0.15, 0.2) is 49.1 Å². The lowest BCUT2D eigenvalue weighted by Crippen LogP contribution is -2.09. The monoisotopic (exact) mass is 404 g/mol. The van der Waals surface area contributed by atoms with Crippen molar-refractivity contribution >= 4 is 28.8 Å². The Bertz CT molecular complexity index is 1150. The number of hydrogen-bond acceptors (Lipinski definition) is 5. The highest BCUT2D eigenvalue weighted by atomic mass is 35.5. The number of halogens is 4. The molecule has 3 aromatic heterocycles. The van der Waals surface area contributed by atoms with Crippen LogP contribution in [0.2, 0.25) is 5.02 Å². The number of nitrogens with one attached hydrogen (secondary N) is 1. The van der Waals surface area contributed by atoms with Crippen LogP contribution in [0.3, 0.4) is 0 Å². The van der Waals surface area contributed by atoms with Gasteiger partial charge in [0.05, 0.1) is 12.4 Å². The Morgan fingerprint density at radius 3 is 2.54 bits per heavy atom. The lowest BCUT2D eigenvalue weighted by Gasteiger charge is -2.11. The van der Waals surface area contributed by atoms with Crippen molar-refractivity contribution in [1.82, 2.24) is 24.3 Å². The van der Waals surface area contributed by atoms with Gasteiger partial charge in [-0.05, 0) is 19.1 Å². The number of anilines is 2. The summed E-state index contributed by atoms with van der Waals surface area (Å²) in [5.41, 5.74) is 0.416. The second-order valence-corrected chi connectivity index (χ2v) is 6.40. The van der Waals surface area contributed by atoms with Crippen LogP contribution in [0, 0.1) is 6.92 Å². The molecule has 0 bridgehead atoms. The van der Waals surface area contributed by atoms with E-state index >= 15 is 0 Å². The van der Waals surface area contributed by atoms with Gasteiger partial charge in [-0.3, -0.25) is 9.38 Å². The van der Waals surface area contributed by atoms with Crippen LogP contribution in [0.25, 0.3) is 17.2 Å². The molecule has 0 aliphatic carbocycles. The first-order valence-corrected chi connectivity index (χ1v) is 8.46. The molecule has 3 heterocycles. The van der Waals surface area contributed by atoms with Crippen molar-refractivity contribution in [3.63, 3.8) is 0 Å². The van der Waals surface area contributed by atoms with Crippen molar-refractivity contribution in [2.45, 2.75) is 13.1 Å². The summed E-state index contributed by atoms with van der Waals surface area (Å²) in [5.74, 6) is 0.0256. The number of rotatable bonds is 3. The standard InChI is InChI=1S/C18H12ClF3N6/c1-10-2-4-11(5-3-10)25-16-12(19)8-24-17(27-16)14-15(18(20,21)22)26-13-9-23-6-7-28(13)14/h2-9H,1H3,(H,24,25,27). The maximum atomic E-state index is 13.5. The number of alkyl halides is 3. The minimum atomic E-state index is -4.69. The van der Waals surface area contributed by atoms with Crippen LogP contribution < -0.4 is 5.32 Å². The second-order valence-electron chi connectivity index (χ2n) is 5.99. The highest BCUT2D eigenvalue weighted by Gasteiger charge is 2.39. The number of benzene rings is 1. The number of nitrogens with zero attached hydrogens (tertiary/aromatic N) is 5. The van der Waals surface area contributed by atoms with Crippen LogP contribution in [-0.2, 0) is 6.18 Å². The van der Waals surface area contributed by atoms with E-state index in [0.29, 0.717) is 5.69 Å². The van der Waals surface area contributed by atoms with E-state index in [1.54, 1.807) is 0 Å². The Kier molecular flexibility index (Phi) is 4.38. The zero-order valence-corrected chi connectivity index (χ0v) is 15.1. The van der Waals surface area contributed by atoms with Crippen molar-refractivity contribution < 1.29 is 13.2 Å². The Labute approximate surface area is 162 Å².